The van der Waals surface area contributed by atoms with Crippen molar-refractivity contribution >= 4 is 33.1 Å². The fourth-order valence-electron chi connectivity index (χ4n) is 2.53. The second kappa shape index (κ2) is 7.26. The van der Waals surface area contributed by atoms with Crippen LogP contribution >= 0.6 is 23.1 Å². The minimum atomic E-state index is -3.36. The van der Waals surface area contributed by atoms with E-state index < -0.39 is 10.0 Å². The van der Waals surface area contributed by atoms with Gasteiger partial charge in [0.1, 0.15) is 4.21 Å². The van der Waals surface area contributed by atoms with E-state index in [1.807, 2.05) is 24.2 Å². The van der Waals surface area contributed by atoms with Gasteiger partial charge in [0.05, 0.1) is 0 Å². The summed E-state index contributed by atoms with van der Waals surface area (Å²) in [6, 6.07) is 1.85. The van der Waals surface area contributed by atoms with E-state index in [0.29, 0.717) is 16.0 Å². The minimum absolute atomic E-state index is 0.0843. The lowest BCUT2D eigenvalue weighted by Crippen LogP contribution is -2.38. The van der Waals surface area contributed by atoms with Crippen molar-refractivity contribution in [2.24, 2.45) is 0 Å². The van der Waals surface area contributed by atoms with Gasteiger partial charge in [-0.3, -0.25) is 0 Å². The normalized spacial score (nSPS) is 23.9. The molecule has 1 saturated carbocycles. The van der Waals surface area contributed by atoms with Crippen molar-refractivity contribution in [2.45, 2.75) is 47.7 Å². The number of thioether (sulfide) groups is 1. The van der Waals surface area contributed by atoms with Gasteiger partial charge >= 0.3 is 0 Å². The number of hydrogen-bond donors (Lipinski definition) is 2. The Morgan fingerprint density at radius 2 is 2.25 bits per heavy atom. The van der Waals surface area contributed by atoms with Crippen LogP contribution in [-0.2, 0) is 16.6 Å². The smallest absolute Gasteiger partial charge is 0.250 e. The Labute approximate surface area is 129 Å². The molecule has 2 atom stereocenters. The zero-order valence-corrected chi connectivity index (χ0v) is 14.3. The number of nitrogens with one attached hydrogen (secondary N) is 2. The lowest BCUT2D eigenvalue weighted by Gasteiger charge is -2.28. The van der Waals surface area contributed by atoms with Crippen LogP contribution in [0.25, 0.3) is 0 Å². The summed E-state index contributed by atoms with van der Waals surface area (Å²) in [5.41, 5.74) is 1.02. The highest BCUT2D eigenvalue weighted by atomic mass is 32.2. The second-order valence-electron chi connectivity index (χ2n) is 5.15. The summed E-state index contributed by atoms with van der Waals surface area (Å²) in [6.07, 6.45) is 6.30. The van der Waals surface area contributed by atoms with Crippen molar-refractivity contribution in [1.29, 1.82) is 0 Å². The Morgan fingerprint density at radius 3 is 2.95 bits per heavy atom. The third-order valence-corrected chi connectivity index (χ3v) is 7.66. The summed E-state index contributed by atoms with van der Waals surface area (Å²) >= 11 is 3.14. The fourth-order valence-corrected chi connectivity index (χ4v) is 5.87. The number of hydrogen-bond acceptors (Lipinski definition) is 5. The molecule has 0 amide bonds. The van der Waals surface area contributed by atoms with E-state index >= 15 is 0 Å². The minimum Gasteiger partial charge on any atom is -0.316 e. The number of sulfonamides is 1. The summed E-state index contributed by atoms with van der Waals surface area (Å²) in [5.74, 6) is 0. The fraction of sp³-hybridized carbons (Fsp3) is 0.692. The molecular formula is C13H22N2O2S3. The van der Waals surface area contributed by atoms with E-state index in [9.17, 15) is 8.42 Å². The van der Waals surface area contributed by atoms with Crippen LogP contribution in [0.15, 0.2) is 15.7 Å². The van der Waals surface area contributed by atoms with Gasteiger partial charge in [-0.05, 0) is 49.6 Å². The van der Waals surface area contributed by atoms with Gasteiger partial charge in [0.15, 0.2) is 0 Å². The molecule has 7 heteroatoms. The van der Waals surface area contributed by atoms with Gasteiger partial charge in [-0.2, -0.15) is 11.8 Å². The first-order chi connectivity index (χ1) is 9.55. The molecule has 1 aliphatic carbocycles. The van der Waals surface area contributed by atoms with E-state index in [-0.39, 0.29) is 6.04 Å². The molecule has 2 N–H and O–H groups in total. The van der Waals surface area contributed by atoms with Gasteiger partial charge < -0.3 is 5.32 Å². The third-order valence-electron chi connectivity index (χ3n) is 3.56. The zero-order valence-electron chi connectivity index (χ0n) is 11.9. The summed E-state index contributed by atoms with van der Waals surface area (Å²) in [6.45, 7) is 0.698. The van der Waals surface area contributed by atoms with Gasteiger partial charge in [-0.1, -0.05) is 6.42 Å². The Hall–Kier alpha value is -0.0800. The lowest BCUT2D eigenvalue weighted by molar-refractivity contribution is 0.421. The Morgan fingerprint density at radius 1 is 1.45 bits per heavy atom. The average molecular weight is 335 g/mol. The molecule has 0 bridgehead atoms. The van der Waals surface area contributed by atoms with Crippen molar-refractivity contribution in [1.82, 2.24) is 10.0 Å². The predicted molar refractivity (Wildman–Crippen MR) is 87.0 cm³/mol. The SMILES string of the molecule is CNCc1csc(S(=O)(=O)NC2CCCC(SC)C2)c1. The maximum absolute atomic E-state index is 12.4. The first-order valence-electron chi connectivity index (χ1n) is 6.82. The molecule has 2 rings (SSSR count). The average Bonchev–Trinajstić information content (AvgIpc) is 2.88. The Bertz CT molecular complexity index is 527. The summed E-state index contributed by atoms with van der Waals surface area (Å²) in [5, 5.41) is 5.51. The zero-order chi connectivity index (χ0) is 14.6. The van der Waals surface area contributed by atoms with Crippen LogP contribution in [0.4, 0.5) is 0 Å². The van der Waals surface area contributed by atoms with E-state index in [1.54, 1.807) is 6.07 Å². The van der Waals surface area contributed by atoms with Crippen LogP contribution in [0.2, 0.25) is 0 Å². The van der Waals surface area contributed by atoms with Crippen LogP contribution in [-0.4, -0.2) is 33.0 Å². The highest BCUT2D eigenvalue weighted by Gasteiger charge is 2.26. The maximum Gasteiger partial charge on any atom is 0.250 e. The van der Waals surface area contributed by atoms with Crippen LogP contribution < -0.4 is 10.0 Å². The molecule has 1 aromatic heterocycles. The predicted octanol–water partition coefficient (Wildman–Crippen LogP) is 2.42. The van der Waals surface area contributed by atoms with Crippen LogP contribution in [0, 0.1) is 0 Å². The van der Waals surface area contributed by atoms with Crippen molar-refractivity contribution < 1.29 is 8.42 Å². The van der Waals surface area contributed by atoms with Gasteiger partial charge in [-0.25, -0.2) is 13.1 Å². The molecule has 0 spiro atoms. The molecule has 1 heterocycles. The quantitative estimate of drug-likeness (QED) is 0.839. The lowest BCUT2D eigenvalue weighted by atomic mass is 9.96. The van der Waals surface area contributed by atoms with Gasteiger partial charge in [0.25, 0.3) is 0 Å². The largest absolute Gasteiger partial charge is 0.316 e. The summed E-state index contributed by atoms with van der Waals surface area (Å²) in [4.78, 5) is 0. The second-order valence-corrected chi connectivity index (χ2v) is 9.14. The van der Waals surface area contributed by atoms with Crippen molar-refractivity contribution in [3.05, 3.63) is 17.0 Å². The van der Waals surface area contributed by atoms with Crippen LogP contribution in [0.5, 0.6) is 0 Å². The standard InChI is InChI=1S/C13H22N2O2S3/c1-14-8-10-6-13(19-9-10)20(16,17)15-11-4-3-5-12(7-11)18-2/h6,9,11-12,14-15H,3-5,7-8H2,1-2H3. The molecule has 0 aromatic carbocycles. The molecule has 0 saturated heterocycles. The molecule has 4 nitrogen and oxygen atoms in total. The third kappa shape index (κ3) is 4.21. The van der Waals surface area contributed by atoms with Gasteiger partial charge in [0, 0.05) is 17.8 Å². The van der Waals surface area contributed by atoms with Crippen LogP contribution in [0.3, 0.4) is 0 Å². The molecule has 2 unspecified atom stereocenters. The van der Waals surface area contributed by atoms with E-state index in [1.165, 1.54) is 17.8 Å². The van der Waals surface area contributed by atoms with Crippen LogP contribution in [0.1, 0.15) is 31.2 Å². The summed E-state index contributed by atoms with van der Waals surface area (Å²) < 4.78 is 28.1. The number of rotatable bonds is 6. The molecule has 114 valence electrons. The molecule has 1 fully saturated rings. The van der Waals surface area contributed by atoms with Crippen molar-refractivity contribution in [3.8, 4) is 0 Å². The molecule has 20 heavy (non-hydrogen) atoms. The van der Waals surface area contributed by atoms with E-state index in [2.05, 4.69) is 16.3 Å². The molecule has 1 aromatic rings. The Balaban J connectivity index is 2.02. The summed E-state index contributed by atoms with van der Waals surface area (Å²) in [7, 11) is -1.50. The van der Waals surface area contributed by atoms with Crippen molar-refractivity contribution in [3.63, 3.8) is 0 Å². The first kappa shape index (κ1) is 16.3. The van der Waals surface area contributed by atoms with E-state index in [4.69, 9.17) is 0 Å². The Kier molecular flexibility index (Phi) is 5.92. The van der Waals surface area contributed by atoms with Crippen molar-refractivity contribution in [2.75, 3.05) is 13.3 Å². The molecular weight excluding hydrogens is 312 g/mol. The molecule has 0 radical (unpaired) electrons. The van der Waals surface area contributed by atoms with Gasteiger partial charge in [-0.15, -0.1) is 11.3 Å². The topological polar surface area (TPSA) is 58.2 Å². The molecule has 0 aliphatic heterocycles. The van der Waals surface area contributed by atoms with E-state index in [0.717, 1.165) is 24.8 Å². The maximum atomic E-state index is 12.4. The highest BCUT2D eigenvalue weighted by molar-refractivity contribution is 7.99. The monoisotopic (exact) mass is 334 g/mol. The highest BCUT2D eigenvalue weighted by Crippen LogP contribution is 2.28. The molecule has 1 aliphatic rings. The first-order valence-corrected chi connectivity index (χ1v) is 10.5. The van der Waals surface area contributed by atoms with Gasteiger partial charge in [0.2, 0.25) is 10.0 Å². The number of thiophene rings is 1.